The Balaban J connectivity index is 2.40. The van der Waals surface area contributed by atoms with Gasteiger partial charge in [0.1, 0.15) is 11.4 Å². The molecule has 2 atom stereocenters. The van der Waals surface area contributed by atoms with Crippen molar-refractivity contribution in [1.29, 1.82) is 0 Å². The van der Waals surface area contributed by atoms with Crippen LogP contribution in [0.5, 0.6) is 0 Å². The summed E-state index contributed by atoms with van der Waals surface area (Å²) < 4.78 is 5.53. The summed E-state index contributed by atoms with van der Waals surface area (Å²) in [6.45, 7) is 1.88. The van der Waals surface area contributed by atoms with Crippen LogP contribution < -0.4 is 0 Å². The minimum atomic E-state index is -1.37. The highest BCUT2D eigenvalue weighted by Gasteiger charge is 2.40. The number of aryl methyl sites for hydroxylation is 1. The predicted molar refractivity (Wildman–Crippen MR) is 79.1 cm³/mol. The zero-order chi connectivity index (χ0) is 14.6. The first-order chi connectivity index (χ1) is 9.59. The minimum Gasteiger partial charge on any atom is -0.394 e. The lowest BCUT2D eigenvalue weighted by Crippen LogP contribution is -2.26. The van der Waals surface area contributed by atoms with E-state index in [1.54, 1.807) is 18.0 Å². The van der Waals surface area contributed by atoms with Crippen molar-refractivity contribution in [3.63, 3.8) is 0 Å². The monoisotopic (exact) mass is 314 g/mol. The topological polar surface area (TPSA) is 75.5 Å². The van der Waals surface area contributed by atoms with Crippen molar-refractivity contribution in [2.75, 3.05) is 12.9 Å². The molecule has 1 saturated heterocycles. The van der Waals surface area contributed by atoms with Crippen LogP contribution in [0, 0.1) is 6.92 Å². The lowest BCUT2D eigenvalue weighted by atomic mass is 10.1. The number of hydrogen-bond donors (Lipinski definition) is 2. The fourth-order valence-electron chi connectivity index (χ4n) is 1.99. The molecule has 0 radical (unpaired) electrons. The first kappa shape index (κ1) is 15.7. The second-order valence-corrected chi connectivity index (χ2v) is 6.27. The molecule has 5 nitrogen and oxygen atoms in total. The molecule has 0 bridgehead atoms. The van der Waals surface area contributed by atoms with Crippen molar-refractivity contribution < 1.29 is 14.9 Å². The molecule has 1 aliphatic rings. The van der Waals surface area contributed by atoms with Gasteiger partial charge in [-0.3, -0.25) is 0 Å². The molecule has 0 amide bonds. The zero-order valence-corrected chi connectivity index (χ0v) is 13.1. The number of aromatic nitrogens is 2. The lowest BCUT2D eigenvalue weighted by Gasteiger charge is -2.21. The molecular weight excluding hydrogens is 296 g/mol. The minimum absolute atomic E-state index is 0.0852. The zero-order valence-electron chi connectivity index (χ0n) is 11.4. The first-order valence-electron chi connectivity index (χ1n) is 6.28. The maximum atomic E-state index is 10.6. The molecule has 1 aliphatic heterocycles. The van der Waals surface area contributed by atoms with Crippen LogP contribution in [-0.4, -0.2) is 39.1 Å². The van der Waals surface area contributed by atoms with Crippen molar-refractivity contribution in [1.82, 2.24) is 9.97 Å². The third-order valence-corrected chi connectivity index (χ3v) is 5.05. The van der Waals surface area contributed by atoms with Crippen LogP contribution in [0.15, 0.2) is 22.9 Å². The Morgan fingerprint density at radius 3 is 3.05 bits per heavy atom. The Morgan fingerprint density at radius 2 is 2.40 bits per heavy atom. The van der Waals surface area contributed by atoms with Gasteiger partial charge in [-0.25, -0.2) is 9.97 Å². The van der Waals surface area contributed by atoms with E-state index >= 15 is 0 Å². The van der Waals surface area contributed by atoms with Crippen molar-refractivity contribution >= 4 is 23.1 Å². The SMILES string of the molecule is CSc1ncncc(C2(O)CCC(CO)O2)scc1C. The van der Waals surface area contributed by atoms with Gasteiger partial charge in [-0.05, 0) is 30.5 Å². The van der Waals surface area contributed by atoms with E-state index in [0.29, 0.717) is 17.7 Å². The molecular formula is C13H18N2O3S2. The van der Waals surface area contributed by atoms with Crippen molar-refractivity contribution in [2.45, 2.75) is 36.7 Å². The molecule has 2 N–H and O–H groups in total. The van der Waals surface area contributed by atoms with E-state index in [9.17, 15) is 5.11 Å². The fourth-order valence-corrected chi connectivity index (χ4v) is 3.47. The summed E-state index contributed by atoms with van der Waals surface area (Å²) in [6, 6.07) is 0. The number of rotatable bonds is 3. The molecule has 1 aromatic rings. The number of nitrogens with zero attached hydrogens (tertiary/aromatic N) is 2. The quantitative estimate of drug-likeness (QED) is 0.831. The van der Waals surface area contributed by atoms with E-state index in [2.05, 4.69) is 9.97 Å². The highest BCUT2D eigenvalue weighted by atomic mass is 32.2. The van der Waals surface area contributed by atoms with E-state index in [1.807, 2.05) is 18.6 Å². The third kappa shape index (κ3) is 3.48. The van der Waals surface area contributed by atoms with Gasteiger partial charge in [0.15, 0.2) is 0 Å². The standard InChI is InChI=1S/C13H18N2O3S2/c1-9-7-20-11(5-14-8-15-12(9)19-2)13(17)4-3-10(6-16)18-13/h5,7-8,10,16-17H,3-4,6H2,1-2H3. The number of aliphatic hydroxyl groups excluding tert-OH is 1. The molecule has 0 spiro atoms. The molecule has 7 heteroatoms. The number of thioether (sulfide) groups is 1. The van der Waals surface area contributed by atoms with Gasteiger partial charge in [0, 0.05) is 12.6 Å². The van der Waals surface area contributed by atoms with Crippen molar-refractivity contribution in [3.8, 4) is 0 Å². The van der Waals surface area contributed by atoms with Crippen LogP contribution in [0.2, 0.25) is 0 Å². The second-order valence-electron chi connectivity index (χ2n) is 4.56. The molecule has 110 valence electrons. The number of aliphatic hydroxyl groups is 2. The van der Waals surface area contributed by atoms with Crippen molar-refractivity contribution in [3.05, 3.63) is 28.3 Å². The molecule has 0 aromatic carbocycles. The summed E-state index contributed by atoms with van der Waals surface area (Å²) in [7, 11) is 0. The van der Waals surface area contributed by atoms with Gasteiger partial charge in [-0.2, -0.15) is 0 Å². The van der Waals surface area contributed by atoms with Crippen LogP contribution in [0.4, 0.5) is 0 Å². The molecule has 2 rings (SSSR count). The largest absolute Gasteiger partial charge is 0.394 e. The van der Waals surface area contributed by atoms with Gasteiger partial charge in [0.25, 0.3) is 0 Å². The lowest BCUT2D eigenvalue weighted by molar-refractivity contribution is -0.203. The Bertz CT molecular complexity index is 522. The first-order valence-corrected chi connectivity index (χ1v) is 8.38. The number of hydrogen-bond acceptors (Lipinski definition) is 7. The van der Waals surface area contributed by atoms with E-state index in [0.717, 1.165) is 10.6 Å². The van der Waals surface area contributed by atoms with E-state index < -0.39 is 5.79 Å². The summed E-state index contributed by atoms with van der Waals surface area (Å²) in [4.78, 5) is 8.97. The van der Waals surface area contributed by atoms with Crippen LogP contribution in [-0.2, 0) is 10.5 Å². The van der Waals surface area contributed by atoms with Gasteiger partial charge >= 0.3 is 0 Å². The summed E-state index contributed by atoms with van der Waals surface area (Å²) in [5.74, 6) is -1.37. The smallest absolute Gasteiger partial charge is 0.203 e. The summed E-state index contributed by atoms with van der Waals surface area (Å²) in [5.41, 5.74) is 1.02. The van der Waals surface area contributed by atoms with Gasteiger partial charge in [0.05, 0.1) is 17.6 Å². The molecule has 2 heterocycles. The molecule has 0 aliphatic carbocycles. The Labute approximate surface area is 126 Å². The van der Waals surface area contributed by atoms with Gasteiger partial charge in [-0.15, -0.1) is 23.1 Å². The normalized spacial score (nSPS) is 25.5. The maximum Gasteiger partial charge on any atom is 0.203 e. The Hall–Kier alpha value is -0.730. The van der Waals surface area contributed by atoms with Gasteiger partial charge < -0.3 is 14.9 Å². The van der Waals surface area contributed by atoms with E-state index in [4.69, 9.17) is 9.84 Å². The van der Waals surface area contributed by atoms with E-state index in [1.165, 1.54) is 17.7 Å². The fraction of sp³-hybridized carbons (Fsp3) is 0.538. The van der Waals surface area contributed by atoms with Crippen LogP contribution in [0.25, 0.3) is 0 Å². The summed E-state index contributed by atoms with van der Waals surface area (Å²) >= 11 is 2.93. The predicted octanol–water partition coefficient (Wildman–Crippen LogP) is 2.01. The van der Waals surface area contributed by atoms with Crippen LogP contribution >= 0.6 is 23.1 Å². The molecule has 2 unspecified atom stereocenters. The third-order valence-electron chi connectivity index (χ3n) is 3.08. The molecule has 0 saturated carbocycles. The second kappa shape index (κ2) is 6.82. The van der Waals surface area contributed by atoms with Crippen LogP contribution in [0.1, 0.15) is 23.3 Å². The highest BCUT2D eigenvalue weighted by molar-refractivity contribution is 7.98. The maximum absolute atomic E-state index is 10.6. The van der Waals surface area contributed by atoms with Crippen LogP contribution in [0.3, 0.4) is 0 Å². The summed E-state index contributed by atoms with van der Waals surface area (Å²) in [6.07, 6.45) is 5.76. The Kier molecular flexibility index (Phi) is 5.34. The average molecular weight is 314 g/mol. The van der Waals surface area contributed by atoms with E-state index in [-0.39, 0.29) is 12.7 Å². The number of ether oxygens (including phenoxy) is 1. The highest BCUT2D eigenvalue weighted by Crippen LogP contribution is 2.37. The average Bonchev–Trinajstić information content (AvgIpc) is 2.86. The molecule has 20 heavy (non-hydrogen) atoms. The molecule has 1 fully saturated rings. The van der Waals surface area contributed by atoms with Gasteiger partial charge in [0.2, 0.25) is 5.79 Å². The van der Waals surface area contributed by atoms with Gasteiger partial charge in [-0.1, -0.05) is 0 Å². The molecule has 1 aromatic heterocycles. The Morgan fingerprint density at radius 1 is 1.60 bits per heavy atom. The van der Waals surface area contributed by atoms with Crippen molar-refractivity contribution in [2.24, 2.45) is 0 Å². The summed E-state index contributed by atoms with van der Waals surface area (Å²) in [5, 5.41) is 22.5.